The van der Waals surface area contributed by atoms with Gasteiger partial charge in [-0.2, -0.15) is 0 Å². The molecule has 1 aromatic heterocycles. The van der Waals surface area contributed by atoms with Crippen LogP contribution in [0.25, 0.3) is 0 Å². The highest BCUT2D eigenvalue weighted by Crippen LogP contribution is 2.04. The Bertz CT molecular complexity index is 321. The first-order valence-corrected chi connectivity index (χ1v) is 4.80. The van der Waals surface area contributed by atoms with E-state index in [1.54, 1.807) is 18.5 Å². The second-order valence-electron chi connectivity index (χ2n) is 3.79. The maximum absolute atomic E-state index is 11.6. The summed E-state index contributed by atoms with van der Waals surface area (Å²) in [6.07, 6.45) is 3.33. The lowest BCUT2D eigenvalue weighted by Crippen LogP contribution is -2.27. The van der Waals surface area contributed by atoms with Crippen LogP contribution < -0.4 is 5.32 Å². The molecule has 1 N–H and O–H groups in total. The first kappa shape index (κ1) is 10.7. The average molecular weight is 192 g/mol. The number of nitrogens with one attached hydrogen (secondary N) is 1. The Balaban J connectivity index is 2.65. The van der Waals surface area contributed by atoms with Gasteiger partial charge in [-0.15, -0.1) is 0 Å². The summed E-state index contributed by atoms with van der Waals surface area (Å²) in [5, 5.41) is 2.87. The molecule has 76 valence electrons. The topological polar surface area (TPSA) is 42.0 Å². The van der Waals surface area contributed by atoms with Crippen LogP contribution in [0.15, 0.2) is 18.5 Å². The van der Waals surface area contributed by atoms with Crippen LogP contribution in [-0.4, -0.2) is 17.4 Å². The van der Waals surface area contributed by atoms with Gasteiger partial charge in [0.05, 0.1) is 0 Å². The molecule has 0 unspecified atom stereocenters. The molecule has 0 radical (unpaired) electrons. The Morgan fingerprint density at radius 3 is 2.86 bits per heavy atom. The number of hydrogen-bond donors (Lipinski definition) is 1. The van der Waals surface area contributed by atoms with Crippen LogP contribution >= 0.6 is 0 Å². The number of amides is 1. The summed E-state index contributed by atoms with van der Waals surface area (Å²) in [5.74, 6) is 0.458. The molecule has 0 atom stereocenters. The molecule has 0 fully saturated rings. The Hall–Kier alpha value is -1.38. The smallest absolute Gasteiger partial charge is 0.251 e. The van der Waals surface area contributed by atoms with Gasteiger partial charge in [-0.3, -0.25) is 9.78 Å². The first-order chi connectivity index (χ1) is 6.61. The lowest BCUT2D eigenvalue weighted by Gasteiger charge is -2.08. The third-order valence-corrected chi connectivity index (χ3v) is 1.94. The van der Waals surface area contributed by atoms with E-state index < -0.39 is 0 Å². The molecule has 0 aliphatic heterocycles. The molecule has 0 saturated heterocycles. The Labute approximate surface area is 84.6 Å². The number of aromatic nitrogens is 1. The van der Waals surface area contributed by atoms with Gasteiger partial charge in [0.1, 0.15) is 0 Å². The molecule has 14 heavy (non-hydrogen) atoms. The number of pyridine rings is 1. The third kappa shape index (κ3) is 2.83. The molecular formula is C11H16N2O. The highest BCUT2D eigenvalue weighted by Gasteiger charge is 2.07. The number of carbonyl (C=O) groups excluding carboxylic acids is 1. The van der Waals surface area contributed by atoms with Gasteiger partial charge in [0.15, 0.2) is 0 Å². The van der Waals surface area contributed by atoms with Crippen molar-refractivity contribution in [3.63, 3.8) is 0 Å². The van der Waals surface area contributed by atoms with E-state index in [9.17, 15) is 4.79 Å². The Morgan fingerprint density at radius 1 is 1.57 bits per heavy atom. The maximum Gasteiger partial charge on any atom is 0.251 e. The summed E-state index contributed by atoms with van der Waals surface area (Å²) in [4.78, 5) is 15.6. The zero-order valence-electron chi connectivity index (χ0n) is 8.87. The quantitative estimate of drug-likeness (QED) is 0.793. The van der Waals surface area contributed by atoms with Gasteiger partial charge in [-0.1, -0.05) is 13.8 Å². The monoisotopic (exact) mass is 192 g/mol. The van der Waals surface area contributed by atoms with Crippen LogP contribution in [0.3, 0.4) is 0 Å². The van der Waals surface area contributed by atoms with E-state index >= 15 is 0 Å². The van der Waals surface area contributed by atoms with Crippen molar-refractivity contribution in [3.8, 4) is 0 Å². The van der Waals surface area contributed by atoms with Crippen LogP contribution in [0.1, 0.15) is 29.8 Å². The number of nitrogens with zero attached hydrogens (tertiary/aromatic N) is 1. The minimum Gasteiger partial charge on any atom is -0.352 e. The van der Waals surface area contributed by atoms with Gasteiger partial charge in [-0.25, -0.2) is 0 Å². The third-order valence-electron chi connectivity index (χ3n) is 1.94. The molecule has 1 rings (SSSR count). The Morgan fingerprint density at radius 2 is 2.29 bits per heavy atom. The number of carbonyl (C=O) groups is 1. The van der Waals surface area contributed by atoms with Crippen molar-refractivity contribution in [1.82, 2.24) is 10.3 Å². The molecule has 0 aromatic carbocycles. The van der Waals surface area contributed by atoms with E-state index in [2.05, 4.69) is 24.1 Å². The second kappa shape index (κ2) is 4.74. The highest BCUT2D eigenvalue weighted by molar-refractivity contribution is 5.95. The SMILES string of the molecule is Cc1cnccc1C(=O)NCC(C)C. The first-order valence-electron chi connectivity index (χ1n) is 4.80. The molecule has 0 aliphatic rings. The minimum absolute atomic E-state index is 0.0152. The summed E-state index contributed by atoms with van der Waals surface area (Å²) >= 11 is 0. The van der Waals surface area contributed by atoms with E-state index in [4.69, 9.17) is 0 Å². The molecule has 0 saturated carbocycles. The lowest BCUT2D eigenvalue weighted by atomic mass is 10.1. The summed E-state index contributed by atoms with van der Waals surface area (Å²) in [5.41, 5.74) is 1.62. The fourth-order valence-electron chi connectivity index (χ4n) is 1.12. The average Bonchev–Trinajstić information content (AvgIpc) is 2.15. The molecule has 0 spiro atoms. The minimum atomic E-state index is -0.0152. The molecule has 0 aliphatic carbocycles. The highest BCUT2D eigenvalue weighted by atomic mass is 16.1. The fourth-order valence-corrected chi connectivity index (χ4v) is 1.12. The number of aryl methyl sites for hydroxylation is 1. The molecule has 1 amide bonds. The van der Waals surface area contributed by atoms with Gasteiger partial charge in [0.2, 0.25) is 0 Å². The van der Waals surface area contributed by atoms with Gasteiger partial charge in [0.25, 0.3) is 5.91 Å². The van der Waals surface area contributed by atoms with Crippen molar-refractivity contribution in [3.05, 3.63) is 29.6 Å². The van der Waals surface area contributed by atoms with E-state index in [0.717, 1.165) is 5.56 Å². The predicted octanol–water partition coefficient (Wildman–Crippen LogP) is 1.78. The Kier molecular flexibility index (Phi) is 3.63. The van der Waals surface area contributed by atoms with Gasteiger partial charge >= 0.3 is 0 Å². The maximum atomic E-state index is 11.6. The van der Waals surface area contributed by atoms with Crippen molar-refractivity contribution in [2.75, 3.05) is 6.54 Å². The van der Waals surface area contributed by atoms with Crippen molar-refractivity contribution in [2.45, 2.75) is 20.8 Å². The molecule has 0 bridgehead atoms. The largest absolute Gasteiger partial charge is 0.352 e. The molecular weight excluding hydrogens is 176 g/mol. The molecule has 3 nitrogen and oxygen atoms in total. The summed E-state index contributed by atoms with van der Waals surface area (Å²) in [6, 6.07) is 1.74. The van der Waals surface area contributed by atoms with E-state index in [0.29, 0.717) is 18.0 Å². The van der Waals surface area contributed by atoms with Crippen molar-refractivity contribution in [2.24, 2.45) is 5.92 Å². The van der Waals surface area contributed by atoms with E-state index in [1.807, 2.05) is 6.92 Å². The standard InChI is InChI=1S/C11H16N2O/c1-8(2)6-13-11(14)10-4-5-12-7-9(10)3/h4-5,7-8H,6H2,1-3H3,(H,13,14). The summed E-state index contributed by atoms with van der Waals surface area (Å²) in [7, 11) is 0. The van der Waals surface area contributed by atoms with Crippen LogP contribution in [0.5, 0.6) is 0 Å². The zero-order valence-corrected chi connectivity index (χ0v) is 8.87. The second-order valence-corrected chi connectivity index (χ2v) is 3.79. The van der Waals surface area contributed by atoms with Crippen LogP contribution in [-0.2, 0) is 0 Å². The van der Waals surface area contributed by atoms with Gasteiger partial charge in [0, 0.05) is 24.5 Å². The van der Waals surface area contributed by atoms with E-state index in [1.165, 1.54) is 0 Å². The van der Waals surface area contributed by atoms with Crippen molar-refractivity contribution < 1.29 is 4.79 Å². The van der Waals surface area contributed by atoms with Crippen molar-refractivity contribution >= 4 is 5.91 Å². The number of rotatable bonds is 3. The van der Waals surface area contributed by atoms with Gasteiger partial charge in [-0.05, 0) is 24.5 Å². The fraction of sp³-hybridized carbons (Fsp3) is 0.455. The van der Waals surface area contributed by atoms with Gasteiger partial charge < -0.3 is 5.32 Å². The van der Waals surface area contributed by atoms with Crippen LogP contribution in [0.4, 0.5) is 0 Å². The summed E-state index contributed by atoms with van der Waals surface area (Å²) < 4.78 is 0. The van der Waals surface area contributed by atoms with E-state index in [-0.39, 0.29) is 5.91 Å². The summed E-state index contributed by atoms with van der Waals surface area (Å²) in [6.45, 7) is 6.73. The molecule has 1 aromatic rings. The van der Waals surface area contributed by atoms with Crippen LogP contribution in [0, 0.1) is 12.8 Å². The molecule has 1 heterocycles. The predicted molar refractivity (Wildman–Crippen MR) is 56.1 cm³/mol. The normalized spacial score (nSPS) is 10.3. The molecule has 3 heteroatoms. The van der Waals surface area contributed by atoms with Crippen LogP contribution in [0.2, 0.25) is 0 Å². The van der Waals surface area contributed by atoms with Crippen molar-refractivity contribution in [1.29, 1.82) is 0 Å². The number of hydrogen-bond acceptors (Lipinski definition) is 2. The lowest BCUT2D eigenvalue weighted by molar-refractivity contribution is 0.0948. The zero-order chi connectivity index (χ0) is 10.6.